The van der Waals surface area contributed by atoms with E-state index in [1.54, 1.807) is 6.07 Å². The van der Waals surface area contributed by atoms with Crippen LogP contribution in [0.3, 0.4) is 0 Å². The van der Waals surface area contributed by atoms with Gasteiger partial charge in [0, 0.05) is 11.8 Å². The topological polar surface area (TPSA) is 111 Å². The van der Waals surface area contributed by atoms with Gasteiger partial charge in [-0.25, -0.2) is 4.79 Å². The van der Waals surface area contributed by atoms with E-state index in [4.69, 9.17) is 10.5 Å². The fraction of sp³-hybridized carbons (Fsp3) is 0.333. The molecule has 1 unspecified atom stereocenters. The minimum atomic E-state index is -1.41. The number of hydrogen-bond donors (Lipinski definition) is 3. The summed E-state index contributed by atoms with van der Waals surface area (Å²) in [5.74, 6) is -0.783. The standard InChI is InChI=1S/C12H16N2O5/c1-18-7-3-4-8(9(13)5-7)11(16)14-6-10(15)12(17)19-2/h3-5,10,15H,6,13H2,1-2H3,(H,14,16). The Kier molecular flexibility index (Phi) is 5.13. The van der Waals surface area contributed by atoms with Crippen LogP contribution in [0.15, 0.2) is 18.2 Å². The zero-order valence-electron chi connectivity index (χ0n) is 10.7. The third-order valence-electron chi connectivity index (χ3n) is 2.43. The Morgan fingerprint density at radius 2 is 2.11 bits per heavy atom. The number of carbonyl (C=O) groups excluding carboxylic acids is 2. The van der Waals surface area contributed by atoms with Crippen LogP contribution in [0.5, 0.6) is 5.75 Å². The molecule has 1 aromatic rings. The third-order valence-corrected chi connectivity index (χ3v) is 2.43. The lowest BCUT2D eigenvalue weighted by Crippen LogP contribution is -2.37. The fourth-order valence-electron chi connectivity index (χ4n) is 1.38. The number of nitrogens with two attached hydrogens (primary N) is 1. The molecule has 1 atom stereocenters. The Balaban J connectivity index is 2.66. The van der Waals surface area contributed by atoms with Crippen LogP contribution in [0.4, 0.5) is 5.69 Å². The highest BCUT2D eigenvalue weighted by Gasteiger charge is 2.17. The van der Waals surface area contributed by atoms with Crippen molar-refractivity contribution in [2.75, 3.05) is 26.5 Å². The molecule has 0 bridgehead atoms. The summed E-state index contributed by atoms with van der Waals surface area (Å²) in [7, 11) is 2.63. The SMILES string of the molecule is COC(=O)C(O)CNC(=O)c1ccc(OC)cc1N. The van der Waals surface area contributed by atoms with Crippen molar-refractivity contribution in [3.63, 3.8) is 0 Å². The van der Waals surface area contributed by atoms with E-state index >= 15 is 0 Å². The molecule has 0 aromatic heterocycles. The van der Waals surface area contributed by atoms with Crippen LogP contribution in [0.2, 0.25) is 0 Å². The number of esters is 1. The van der Waals surface area contributed by atoms with Crippen molar-refractivity contribution in [3.8, 4) is 5.75 Å². The van der Waals surface area contributed by atoms with E-state index in [0.29, 0.717) is 5.75 Å². The van der Waals surface area contributed by atoms with Crippen molar-refractivity contribution in [3.05, 3.63) is 23.8 Å². The second kappa shape index (κ2) is 6.60. The molecular weight excluding hydrogens is 252 g/mol. The summed E-state index contributed by atoms with van der Waals surface area (Å²) < 4.78 is 9.28. The number of anilines is 1. The maximum Gasteiger partial charge on any atom is 0.336 e. The van der Waals surface area contributed by atoms with Crippen LogP contribution < -0.4 is 15.8 Å². The Bertz CT molecular complexity index is 475. The lowest BCUT2D eigenvalue weighted by molar-refractivity contribution is -0.149. The average Bonchev–Trinajstić information content (AvgIpc) is 2.43. The molecule has 0 fully saturated rings. The Morgan fingerprint density at radius 3 is 2.63 bits per heavy atom. The van der Waals surface area contributed by atoms with Crippen molar-refractivity contribution in [2.24, 2.45) is 0 Å². The molecule has 1 rings (SSSR count). The number of rotatable bonds is 5. The first-order valence-corrected chi connectivity index (χ1v) is 5.47. The van der Waals surface area contributed by atoms with Gasteiger partial charge in [-0.1, -0.05) is 0 Å². The van der Waals surface area contributed by atoms with Gasteiger partial charge in [0.05, 0.1) is 26.3 Å². The highest BCUT2D eigenvalue weighted by atomic mass is 16.5. The number of aliphatic hydroxyl groups excluding tert-OH is 1. The van der Waals surface area contributed by atoms with Gasteiger partial charge in [-0.2, -0.15) is 0 Å². The Morgan fingerprint density at radius 1 is 1.42 bits per heavy atom. The van der Waals surface area contributed by atoms with Gasteiger partial charge in [0.1, 0.15) is 5.75 Å². The molecule has 0 heterocycles. The molecular formula is C12H16N2O5. The second-order valence-electron chi connectivity index (χ2n) is 3.70. The molecule has 0 aliphatic heterocycles. The predicted octanol–water partition coefficient (Wildman–Crippen LogP) is -0.459. The molecule has 7 heteroatoms. The van der Waals surface area contributed by atoms with E-state index in [9.17, 15) is 14.7 Å². The van der Waals surface area contributed by atoms with Gasteiger partial charge < -0.3 is 25.6 Å². The normalized spacial score (nSPS) is 11.5. The molecule has 19 heavy (non-hydrogen) atoms. The van der Waals surface area contributed by atoms with Gasteiger partial charge in [0.2, 0.25) is 0 Å². The quantitative estimate of drug-likeness (QED) is 0.492. The first-order chi connectivity index (χ1) is 8.99. The summed E-state index contributed by atoms with van der Waals surface area (Å²) in [6.07, 6.45) is -1.41. The number of benzene rings is 1. The van der Waals surface area contributed by atoms with E-state index in [1.807, 2.05) is 0 Å². The lowest BCUT2D eigenvalue weighted by atomic mass is 10.1. The van der Waals surface area contributed by atoms with E-state index in [-0.39, 0.29) is 17.8 Å². The van der Waals surface area contributed by atoms with Gasteiger partial charge in [0.15, 0.2) is 6.10 Å². The first-order valence-electron chi connectivity index (χ1n) is 5.47. The van der Waals surface area contributed by atoms with E-state index in [2.05, 4.69) is 10.1 Å². The van der Waals surface area contributed by atoms with E-state index < -0.39 is 18.0 Å². The Hall–Kier alpha value is -2.28. The zero-order valence-corrected chi connectivity index (χ0v) is 10.7. The molecule has 7 nitrogen and oxygen atoms in total. The van der Waals surface area contributed by atoms with Gasteiger partial charge in [-0.3, -0.25) is 4.79 Å². The summed E-state index contributed by atoms with van der Waals surface area (Å²) >= 11 is 0. The van der Waals surface area contributed by atoms with E-state index in [0.717, 1.165) is 7.11 Å². The van der Waals surface area contributed by atoms with Crippen LogP contribution in [-0.2, 0) is 9.53 Å². The smallest absolute Gasteiger partial charge is 0.336 e. The average molecular weight is 268 g/mol. The number of hydrogen-bond acceptors (Lipinski definition) is 6. The van der Waals surface area contributed by atoms with Crippen molar-refractivity contribution in [1.82, 2.24) is 5.32 Å². The number of carbonyl (C=O) groups is 2. The number of methoxy groups -OCH3 is 2. The lowest BCUT2D eigenvalue weighted by Gasteiger charge is -2.11. The molecule has 0 aliphatic carbocycles. The molecule has 0 saturated heterocycles. The molecule has 0 saturated carbocycles. The largest absolute Gasteiger partial charge is 0.497 e. The fourth-order valence-corrected chi connectivity index (χ4v) is 1.38. The van der Waals surface area contributed by atoms with Crippen molar-refractivity contribution >= 4 is 17.6 Å². The van der Waals surface area contributed by atoms with Crippen molar-refractivity contribution in [1.29, 1.82) is 0 Å². The van der Waals surface area contributed by atoms with Crippen LogP contribution in [0, 0.1) is 0 Å². The van der Waals surface area contributed by atoms with Crippen LogP contribution in [0.25, 0.3) is 0 Å². The van der Waals surface area contributed by atoms with E-state index in [1.165, 1.54) is 19.2 Å². The molecule has 1 aromatic carbocycles. The second-order valence-corrected chi connectivity index (χ2v) is 3.70. The summed E-state index contributed by atoms with van der Waals surface area (Å²) in [6.45, 7) is -0.253. The number of nitrogen functional groups attached to an aromatic ring is 1. The molecule has 0 spiro atoms. The number of nitrogens with one attached hydrogen (secondary N) is 1. The van der Waals surface area contributed by atoms with Crippen molar-refractivity contribution < 1.29 is 24.2 Å². The highest BCUT2D eigenvalue weighted by molar-refractivity contribution is 5.99. The molecule has 104 valence electrons. The Labute approximate surface area is 110 Å². The minimum Gasteiger partial charge on any atom is -0.497 e. The maximum absolute atomic E-state index is 11.8. The van der Waals surface area contributed by atoms with Gasteiger partial charge in [-0.05, 0) is 12.1 Å². The minimum absolute atomic E-state index is 0.234. The third kappa shape index (κ3) is 3.85. The summed E-state index contributed by atoms with van der Waals surface area (Å²) in [6, 6.07) is 4.59. The number of aliphatic hydroxyl groups is 1. The van der Waals surface area contributed by atoms with Crippen LogP contribution in [0.1, 0.15) is 10.4 Å². The molecule has 0 aliphatic rings. The first kappa shape index (κ1) is 14.8. The predicted molar refractivity (Wildman–Crippen MR) is 67.8 cm³/mol. The number of amides is 1. The monoisotopic (exact) mass is 268 g/mol. The van der Waals surface area contributed by atoms with Gasteiger partial charge in [0.25, 0.3) is 5.91 Å². The molecule has 0 radical (unpaired) electrons. The van der Waals surface area contributed by atoms with Crippen LogP contribution in [-0.4, -0.2) is 43.9 Å². The molecule has 1 amide bonds. The maximum atomic E-state index is 11.8. The molecule has 4 N–H and O–H groups in total. The van der Waals surface area contributed by atoms with Crippen molar-refractivity contribution in [2.45, 2.75) is 6.10 Å². The summed E-state index contributed by atoms with van der Waals surface area (Å²) in [4.78, 5) is 22.7. The van der Waals surface area contributed by atoms with Crippen LogP contribution >= 0.6 is 0 Å². The van der Waals surface area contributed by atoms with Gasteiger partial charge >= 0.3 is 5.97 Å². The summed E-state index contributed by atoms with van der Waals surface area (Å²) in [5, 5.41) is 11.7. The highest BCUT2D eigenvalue weighted by Crippen LogP contribution is 2.19. The zero-order chi connectivity index (χ0) is 14.4. The summed E-state index contributed by atoms with van der Waals surface area (Å²) in [5.41, 5.74) is 6.17. The number of ether oxygens (including phenoxy) is 2. The van der Waals surface area contributed by atoms with Gasteiger partial charge in [-0.15, -0.1) is 0 Å².